The summed E-state index contributed by atoms with van der Waals surface area (Å²) in [5, 5.41) is 5.21. The SMILES string of the molecule is CCCN1CCN(CCCNC(=O)[C@@H]2c3ccccc3C(=O)N(CCOC)[C@H]2c2cccs2)CC1. The van der Waals surface area contributed by atoms with E-state index in [9.17, 15) is 9.59 Å². The summed E-state index contributed by atoms with van der Waals surface area (Å²) in [5.41, 5.74) is 1.43. The molecule has 2 aliphatic heterocycles. The highest BCUT2D eigenvalue weighted by Gasteiger charge is 2.44. The Bertz CT molecular complexity index is 959. The zero-order chi connectivity index (χ0) is 24.6. The molecule has 35 heavy (non-hydrogen) atoms. The lowest BCUT2D eigenvalue weighted by Crippen LogP contribution is -2.49. The lowest BCUT2D eigenvalue weighted by molar-refractivity contribution is -0.124. The second kappa shape index (κ2) is 12.6. The lowest BCUT2D eigenvalue weighted by Gasteiger charge is -2.41. The van der Waals surface area contributed by atoms with Gasteiger partial charge in [0.25, 0.3) is 5.91 Å². The van der Waals surface area contributed by atoms with Gasteiger partial charge in [0, 0.05) is 56.8 Å². The number of thiophene rings is 1. The first kappa shape index (κ1) is 25.8. The van der Waals surface area contributed by atoms with Gasteiger partial charge in [-0.1, -0.05) is 31.2 Å². The van der Waals surface area contributed by atoms with Crippen molar-refractivity contribution in [3.8, 4) is 0 Å². The average molecular weight is 499 g/mol. The summed E-state index contributed by atoms with van der Waals surface area (Å²) in [7, 11) is 1.64. The van der Waals surface area contributed by atoms with Crippen molar-refractivity contribution in [3.63, 3.8) is 0 Å². The fourth-order valence-corrected chi connectivity index (χ4v) is 6.14. The third kappa shape index (κ3) is 6.12. The average Bonchev–Trinajstić information content (AvgIpc) is 3.41. The minimum Gasteiger partial charge on any atom is -0.383 e. The number of nitrogens with zero attached hydrogens (tertiary/aromatic N) is 3. The monoisotopic (exact) mass is 498 g/mol. The Balaban J connectivity index is 1.44. The number of carbonyl (C=O) groups excluding carboxylic acids is 2. The second-order valence-electron chi connectivity index (χ2n) is 9.34. The molecule has 0 radical (unpaired) electrons. The minimum absolute atomic E-state index is 0.0152. The van der Waals surface area contributed by atoms with Crippen molar-refractivity contribution in [1.29, 1.82) is 0 Å². The molecule has 0 aliphatic carbocycles. The molecule has 2 amide bonds. The number of hydrogen-bond acceptors (Lipinski definition) is 6. The first-order chi connectivity index (χ1) is 17.1. The van der Waals surface area contributed by atoms with E-state index in [-0.39, 0.29) is 17.9 Å². The van der Waals surface area contributed by atoms with Gasteiger partial charge in [0.2, 0.25) is 5.91 Å². The van der Waals surface area contributed by atoms with Gasteiger partial charge < -0.3 is 24.8 Å². The highest BCUT2D eigenvalue weighted by atomic mass is 32.1. The first-order valence-electron chi connectivity index (χ1n) is 12.8. The fraction of sp³-hybridized carbons (Fsp3) is 0.556. The number of amides is 2. The van der Waals surface area contributed by atoms with Crippen molar-refractivity contribution in [2.75, 3.05) is 66.1 Å². The van der Waals surface area contributed by atoms with Gasteiger partial charge in [0.15, 0.2) is 0 Å². The molecule has 1 aromatic carbocycles. The molecule has 8 heteroatoms. The topological polar surface area (TPSA) is 65.1 Å². The van der Waals surface area contributed by atoms with E-state index in [1.165, 1.54) is 13.0 Å². The summed E-state index contributed by atoms with van der Waals surface area (Å²) in [4.78, 5) is 35.0. The Morgan fingerprint density at radius 1 is 1.06 bits per heavy atom. The Morgan fingerprint density at radius 3 is 2.49 bits per heavy atom. The lowest BCUT2D eigenvalue weighted by atomic mass is 9.81. The van der Waals surface area contributed by atoms with Gasteiger partial charge in [-0.2, -0.15) is 0 Å². The Kier molecular flexibility index (Phi) is 9.31. The number of ether oxygens (including phenoxy) is 1. The smallest absolute Gasteiger partial charge is 0.254 e. The molecular weight excluding hydrogens is 460 g/mol. The summed E-state index contributed by atoms with van der Waals surface area (Å²) in [6.45, 7) is 10.4. The summed E-state index contributed by atoms with van der Waals surface area (Å²) < 4.78 is 5.30. The Labute approximate surface area is 213 Å². The van der Waals surface area contributed by atoms with Gasteiger partial charge in [0.05, 0.1) is 18.6 Å². The molecule has 0 spiro atoms. The molecule has 7 nitrogen and oxygen atoms in total. The zero-order valence-corrected chi connectivity index (χ0v) is 21.8. The molecular formula is C27H38N4O3S. The van der Waals surface area contributed by atoms with E-state index < -0.39 is 5.92 Å². The van der Waals surface area contributed by atoms with E-state index in [0.29, 0.717) is 25.3 Å². The van der Waals surface area contributed by atoms with Gasteiger partial charge in [0.1, 0.15) is 0 Å². The zero-order valence-electron chi connectivity index (χ0n) is 20.9. The number of nitrogens with one attached hydrogen (secondary N) is 1. The molecule has 0 unspecified atom stereocenters. The van der Waals surface area contributed by atoms with E-state index in [0.717, 1.165) is 49.6 Å². The molecule has 0 bridgehead atoms. The highest BCUT2D eigenvalue weighted by Crippen LogP contribution is 2.44. The van der Waals surface area contributed by atoms with Crippen molar-refractivity contribution < 1.29 is 14.3 Å². The molecule has 1 aromatic heterocycles. The van der Waals surface area contributed by atoms with Gasteiger partial charge in [-0.25, -0.2) is 0 Å². The second-order valence-corrected chi connectivity index (χ2v) is 10.3. The van der Waals surface area contributed by atoms with Crippen LogP contribution in [-0.4, -0.2) is 92.6 Å². The van der Waals surface area contributed by atoms with Crippen LogP contribution in [0.4, 0.5) is 0 Å². The van der Waals surface area contributed by atoms with E-state index >= 15 is 0 Å². The van der Waals surface area contributed by atoms with Crippen LogP contribution in [0.3, 0.4) is 0 Å². The van der Waals surface area contributed by atoms with Crippen molar-refractivity contribution in [3.05, 3.63) is 57.8 Å². The normalized spacial score (nSPS) is 21.2. The maximum Gasteiger partial charge on any atom is 0.254 e. The quantitative estimate of drug-likeness (QED) is 0.482. The number of methoxy groups -OCH3 is 1. The maximum absolute atomic E-state index is 13.7. The third-order valence-electron chi connectivity index (χ3n) is 7.05. The van der Waals surface area contributed by atoms with Crippen molar-refractivity contribution in [2.24, 2.45) is 0 Å². The highest BCUT2D eigenvalue weighted by molar-refractivity contribution is 7.10. The molecule has 2 aliphatic rings. The molecule has 190 valence electrons. The van der Waals surface area contributed by atoms with Crippen LogP contribution in [0.25, 0.3) is 0 Å². The molecule has 2 aromatic rings. The van der Waals surface area contributed by atoms with Gasteiger partial charge in [-0.3, -0.25) is 9.59 Å². The van der Waals surface area contributed by atoms with Crippen LogP contribution in [0, 0.1) is 0 Å². The summed E-state index contributed by atoms with van der Waals surface area (Å²) in [6, 6.07) is 11.2. The minimum atomic E-state index is -0.447. The van der Waals surface area contributed by atoms with Crippen LogP contribution in [0.2, 0.25) is 0 Å². The van der Waals surface area contributed by atoms with Crippen molar-refractivity contribution in [2.45, 2.75) is 31.7 Å². The Hall–Kier alpha value is -2.26. The van der Waals surface area contributed by atoms with Crippen LogP contribution in [0.15, 0.2) is 41.8 Å². The third-order valence-corrected chi connectivity index (χ3v) is 7.99. The molecule has 3 heterocycles. The number of benzene rings is 1. The van der Waals surface area contributed by atoms with Gasteiger partial charge in [-0.15, -0.1) is 11.3 Å². The number of rotatable bonds is 11. The molecule has 1 fully saturated rings. The molecule has 4 rings (SSSR count). The maximum atomic E-state index is 13.7. The summed E-state index contributed by atoms with van der Waals surface area (Å²) in [6.07, 6.45) is 2.13. The summed E-state index contributed by atoms with van der Waals surface area (Å²) >= 11 is 1.59. The van der Waals surface area contributed by atoms with Crippen LogP contribution in [0.5, 0.6) is 0 Å². The van der Waals surface area contributed by atoms with E-state index in [4.69, 9.17) is 4.74 Å². The van der Waals surface area contributed by atoms with Crippen LogP contribution in [-0.2, 0) is 9.53 Å². The Morgan fingerprint density at radius 2 is 1.80 bits per heavy atom. The number of hydrogen-bond donors (Lipinski definition) is 1. The van der Waals surface area contributed by atoms with Crippen LogP contribution >= 0.6 is 11.3 Å². The predicted molar refractivity (Wildman–Crippen MR) is 140 cm³/mol. The van der Waals surface area contributed by atoms with Crippen LogP contribution in [0.1, 0.15) is 52.5 Å². The van der Waals surface area contributed by atoms with Crippen molar-refractivity contribution >= 4 is 23.2 Å². The molecule has 1 saturated heterocycles. The van der Waals surface area contributed by atoms with Crippen molar-refractivity contribution in [1.82, 2.24) is 20.0 Å². The summed E-state index contributed by atoms with van der Waals surface area (Å²) in [5.74, 6) is -0.502. The predicted octanol–water partition coefficient (Wildman–Crippen LogP) is 3.21. The van der Waals surface area contributed by atoms with Gasteiger partial charge >= 0.3 is 0 Å². The first-order valence-corrected chi connectivity index (χ1v) is 13.7. The van der Waals surface area contributed by atoms with E-state index in [1.54, 1.807) is 18.4 Å². The van der Waals surface area contributed by atoms with E-state index in [1.807, 2.05) is 46.7 Å². The fourth-order valence-electron chi connectivity index (χ4n) is 5.26. The standard InChI is InChI=1S/C27H38N4O3S/c1-3-12-29-14-16-30(17-15-29)13-7-11-28-26(32)24-21-8-4-5-9-22(21)27(33)31(18-19-34-2)25(24)23-10-6-20-35-23/h4-6,8-10,20,24-25H,3,7,11-19H2,1-2H3,(H,28,32)/t24-,25+/m1/s1. The largest absolute Gasteiger partial charge is 0.383 e. The van der Waals surface area contributed by atoms with E-state index in [2.05, 4.69) is 22.0 Å². The molecule has 2 atom stereocenters. The number of piperazine rings is 1. The molecule has 0 saturated carbocycles. The van der Waals surface area contributed by atoms with Gasteiger partial charge in [-0.05, 0) is 49.0 Å². The molecule has 1 N–H and O–H groups in total. The van der Waals surface area contributed by atoms with Crippen LogP contribution < -0.4 is 5.32 Å². The number of carbonyl (C=O) groups is 2. The number of fused-ring (bicyclic) bond motifs is 1.